The molecule has 0 N–H and O–H groups in total. The zero-order chi connectivity index (χ0) is 12.8. The average Bonchev–Trinajstić information content (AvgIpc) is 2.88. The molecule has 1 aromatic carbocycles. The summed E-state index contributed by atoms with van der Waals surface area (Å²) in [6, 6.07) is 12.5. The molecule has 0 amide bonds. The maximum absolute atomic E-state index is 5.19. The van der Waals surface area contributed by atoms with E-state index in [-0.39, 0.29) is 0 Å². The van der Waals surface area contributed by atoms with E-state index in [0.717, 1.165) is 12.2 Å². The highest BCUT2D eigenvalue weighted by Gasteiger charge is 2.03. The monoisotopic (exact) mass is 243 g/mol. The first-order chi connectivity index (χ1) is 8.85. The fraction of sp³-hybridized carbons (Fsp3) is 0.375. The Labute approximate surface area is 109 Å². The van der Waals surface area contributed by atoms with Crippen LogP contribution in [0.2, 0.25) is 0 Å². The highest BCUT2D eigenvalue weighted by Crippen LogP contribution is 2.18. The Kier molecular flexibility index (Phi) is 4.46. The zero-order valence-corrected chi connectivity index (χ0v) is 11.2. The lowest BCUT2D eigenvalue weighted by Crippen LogP contribution is -1.99. The van der Waals surface area contributed by atoms with Gasteiger partial charge in [-0.2, -0.15) is 0 Å². The summed E-state index contributed by atoms with van der Waals surface area (Å²) in [7, 11) is 1.70. The van der Waals surface area contributed by atoms with Crippen molar-refractivity contribution in [3.8, 4) is 11.4 Å². The van der Waals surface area contributed by atoms with Crippen LogP contribution in [0.15, 0.2) is 42.6 Å². The molecule has 0 bridgehead atoms. The third-order valence-electron chi connectivity index (χ3n) is 3.22. The smallest absolute Gasteiger partial charge is 0.119 e. The number of unbranched alkanes of at least 4 members (excludes halogenated alkanes) is 2. The number of nitrogens with zero attached hydrogens (tertiary/aromatic N) is 1. The van der Waals surface area contributed by atoms with Crippen LogP contribution in [-0.2, 0) is 6.42 Å². The molecule has 1 aromatic heterocycles. The molecule has 0 saturated heterocycles. The fourth-order valence-electron chi connectivity index (χ4n) is 2.17. The quantitative estimate of drug-likeness (QED) is 0.693. The lowest BCUT2D eigenvalue weighted by molar-refractivity contribution is 0.414. The number of hydrogen-bond acceptors (Lipinski definition) is 1. The molecule has 2 heteroatoms. The second-order valence-electron chi connectivity index (χ2n) is 4.52. The first kappa shape index (κ1) is 12.7. The molecule has 0 fully saturated rings. The summed E-state index contributed by atoms with van der Waals surface area (Å²) in [5, 5.41) is 0. The van der Waals surface area contributed by atoms with Gasteiger partial charge in [0.2, 0.25) is 0 Å². The van der Waals surface area contributed by atoms with Gasteiger partial charge in [0, 0.05) is 17.6 Å². The summed E-state index contributed by atoms with van der Waals surface area (Å²) in [6.07, 6.45) is 7.10. The van der Waals surface area contributed by atoms with Crippen molar-refractivity contribution in [1.29, 1.82) is 0 Å². The Morgan fingerprint density at radius 1 is 1.06 bits per heavy atom. The topological polar surface area (TPSA) is 14.2 Å². The van der Waals surface area contributed by atoms with Gasteiger partial charge in [0.15, 0.2) is 0 Å². The van der Waals surface area contributed by atoms with Crippen LogP contribution in [0, 0.1) is 0 Å². The average molecular weight is 243 g/mol. The molecule has 96 valence electrons. The van der Waals surface area contributed by atoms with Gasteiger partial charge in [-0.3, -0.25) is 0 Å². The van der Waals surface area contributed by atoms with Crippen molar-refractivity contribution in [2.75, 3.05) is 7.11 Å². The van der Waals surface area contributed by atoms with Crippen LogP contribution in [0.3, 0.4) is 0 Å². The van der Waals surface area contributed by atoms with Crippen LogP contribution < -0.4 is 4.74 Å². The first-order valence-electron chi connectivity index (χ1n) is 6.66. The third kappa shape index (κ3) is 2.95. The number of rotatable bonds is 6. The second-order valence-corrected chi connectivity index (χ2v) is 4.52. The SMILES string of the molecule is CCCCCc1cccn1-c1ccc(OC)cc1. The van der Waals surface area contributed by atoms with Crippen LogP contribution >= 0.6 is 0 Å². The standard InChI is InChI=1S/C16H21NO/c1-3-4-5-7-14-8-6-13-17(14)15-9-11-16(18-2)12-10-15/h6,8-13H,3-5,7H2,1-2H3. The molecule has 0 unspecified atom stereocenters. The van der Waals surface area contributed by atoms with E-state index in [4.69, 9.17) is 4.74 Å². The Hall–Kier alpha value is -1.70. The van der Waals surface area contributed by atoms with Crippen molar-refractivity contribution in [2.45, 2.75) is 32.6 Å². The molecule has 0 atom stereocenters. The molecule has 2 rings (SSSR count). The largest absolute Gasteiger partial charge is 0.497 e. The summed E-state index contributed by atoms with van der Waals surface area (Å²) in [6.45, 7) is 2.24. The van der Waals surface area contributed by atoms with Crippen molar-refractivity contribution in [3.63, 3.8) is 0 Å². The molecule has 0 radical (unpaired) electrons. The Balaban J connectivity index is 2.14. The highest BCUT2D eigenvalue weighted by molar-refractivity contribution is 5.39. The predicted octanol–water partition coefficient (Wildman–Crippen LogP) is 4.22. The zero-order valence-electron chi connectivity index (χ0n) is 11.2. The first-order valence-corrected chi connectivity index (χ1v) is 6.66. The highest BCUT2D eigenvalue weighted by atomic mass is 16.5. The molecule has 0 aliphatic carbocycles. The molecule has 1 heterocycles. The van der Waals surface area contributed by atoms with Gasteiger partial charge in [-0.1, -0.05) is 19.8 Å². The van der Waals surface area contributed by atoms with Crippen LogP contribution in [0.5, 0.6) is 5.75 Å². The molecule has 0 saturated carbocycles. The fourth-order valence-corrected chi connectivity index (χ4v) is 2.17. The van der Waals surface area contributed by atoms with Crippen molar-refractivity contribution >= 4 is 0 Å². The molecular formula is C16H21NO. The Bertz CT molecular complexity index is 470. The van der Waals surface area contributed by atoms with E-state index in [1.54, 1.807) is 7.11 Å². The molecule has 0 spiro atoms. The van der Waals surface area contributed by atoms with Crippen LogP contribution in [0.25, 0.3) is 5.69 Å². The summed E-state index contributed by atoms with van der Waals surface area (Å²) in [5.74, 6) is 0.901. The van der Waals surface area contributed by atoms with Gasteiger partial charge < -0.3 is 9.30 Å². The molecule has 0 aliphatic rings. The molecular weight excluding hydrogens is 222 g/mol. The number of benzene rings is 1. The number of aromatic nitrogens is 1. The van der Waals surface area contributed by atoms with Crippen LogP contribution in [0.4, 0.5) is 0 Å². The van der Waals surface area contributed by atoms with E-state index < -0.39 is 0 Å². The van der Waals surface area contributed by atoms with E-state index in [2.05, 4.69) is 42.0 Å². The summed E-state index contributed by atoms with van der Waals surface area (Å²) >= 11 is 0. The number of methoxy groups -OCH3 is 1. The minimum Gasteiger partial charge on any atom is -0.497 e. The summed E-state index contributed by atoms with van der Waals surface area (Å²) in [5.41, 5.74) is 2.58. The van der Waals surface area contributed by atoms with Gasteiger partial charge in [-0.15, -0.1) is 0 Å². The van der Waals surface area contributed by atoms with E-state index in [9.17, 15) is 0 Å². The lowest BCUT2D eigenvalue weighted by Gasteiger charge is -2.10. The van der Waals surface area contributed by atoms with Gasteiger partial charge in [0.1, 0.15) is 5.75 Å². The van der Waals surface area contributed by atoms with Crippen molar-refractivity contribution in [3.05, 3.63) is 48.3 Å². The Morgan fingerprint density at radius 3 is 2.50 bits per heavy atom. The number of aryl methyl sites for hydroxylation is 1. The molecule has 0 aliphatic heterocycles. The van der Waals surface area contributed by atoms with Gasteiger partial charge >= 0.3 is 0 Å². The second kappa shape index (κ2) is 6.29. The van der Waals surface area contributed by atoms with Gasteiger partial charge in [0.25, 0.3) is 0 Å². The number of ether oxygens (including phenoxy) is 1. The normalized spacial score (nSPS) is 10.6. The minimum absolute atomic E-state index is 0.901. The van der Waals surface area contributed by atoms with Gasteiger partial charge in [-0.25, -0.2) is 0 Å². The van der Waals surface area contributed by atoms with Gasteiger partial charge in [0.05, 0.1) is 7.11 Å². The van der Waals surface area contributed by atoms with Crippen molar-refractivity contribution in [2.24, 2.45) is 0 Å². The van der Waals surface area contributed by atoms with E-state index in [0.29, 0.717) is 0 Å². The van der Waals surface area contributed by atoms with Crippen LogP contribution in [-0.4, -0.2) is 11.7 Å². The summed E-state index contributed by atoms with van der Waals surface area (Å²) in [4.78, 5) is 0. The molecule has 18 heavy (non-hydrogen) atoms. The van der Waals surface area contributed by atoms with Crippen molar-refractivity contribution in [1.82, 2.24) is 4.57 Å². The number of hydrogen-bond donors (Lipinski definition) is 0. The lowest BCUT2D eigenvalue weighted by atomic mass is 10.1. The molecule has 2 aromatic rings. The maximum atomic E-state index is 5.19. The maximum Gasteiger partial charge on any atom is 0.119 e. The molecule has 2 nitrogen and oxygen atoms in total. The third-order valence-corrected chi connectivity index (χ3v) is 3.22. The van der Waals surface area contributed by atoms with Crippen molar-refractivity contribution < 1.29 is 4.74 Å². The van der Waals surface area contributed by atoms with Gasteiger partial charge in [-0.05, 0) is 49.2 Å². The van der Waals surface area contributed by atoms with E-state index >= 15 is 0 Å². The Morgan fingerprint density at radius 2 is 1.83 bits per heavy atom. The van der Waals surface area contributed by atoms with E-state index in [1.807, 2.05) is 12.1 Å². The van der Waals surface area contributed by atoms with E-state index in [1.165, 1.54) is 30.6 Å². The summed E-state index contributed by atoms with van der Waals surface area (Å²) < 4.78 is 7.45. The minimum atomic E-state index is 0.901. The van der Waals surface area contributed by atoms with Crippen LogP contribution in [0.1, 0.15) is 31.9 Å². The predicted molar refractivity (Wildman–Crippen MR) is 75.6 cm³/mol.